The van der Waals surface area contributed by atoms with E-state index in [1.165, 1.54) is 25.7 Å². The molecule has 2 aromatic carbocycles. The summed E-state index contributed by atoms with van der Waals surface area (Å²) in [5.41, 5.74) is 3.98. The molecule has 1 aliphatic carbocycles. The van der Waals surface area contributed by atoms with E-state index in [2.05, 4.69) is 20.5 Å². The number of carbonyl (C=O) groups is 1. The maximum absolute atomic E-state index is 13.1. The summed E-state index contributed by atoms with van der Waals surface area (Å²) in [6, 6.07) is 15.9. The topological polar surface area (TPSA) is 70.2 Å². The monoisotopic (exact) mass is 489 g/mol. The number of nitrogens with zero attached hydrogens (tertiary/aromatic N) is 3. The van der Waals surface area contributed by atoms with E-state index in [1.807, 2.05) is 55.5 Å². The molecule has 2 N–H and O–H groups in total. The number of anilines is 2. The van der Waals surface area contributed by atoms with Gasteiger partial charge in [0.15, 0.2) is 0 Å². The molecule has 1 aliphatic heterocycles. The standard InChI is InChI=1S/C28H32ClN5O/c1-20-9-10-22(15-24(20)29)17-30-25-23(26(35)31-16-21-7-3-2-4-8-21)18-32-27(33-25)34-14-6-13-28(19-34)11-5-12-28/h2-4,7-10,15,18H,5-6,11-14,16-17,19H2,1H3,(H,31,35)(H,30,32,33). The van der Waals surface area contributed by atoms with Crippen LogP contribution < -0.4 is 15.5 Å². The third-order valence-corrected chi connectivity index (χ3v) is 7.78. The second-order valence-corrected chi connectivity index (χ2v) is 10.3. The molecular weight excluding hydrogens is 458 g/mol. The first-order valence-electron chi connectivity index (χ1n) is 12.4. The van der Waals surface area contributed by atoms with Crippen LogP contribution in [0.1, 0.15) is 59.2 Å². The molecule has 2 fully saturated rings. The maximum atomic E-state index is 13.1. The lowest BCUT2D eigenvalue weighted by Gasteiger charge is -2.48. The molecule has 2 heterocycles. The largest absolute Gasteiger partial charge is 0.365 e. The minimum absolute atomic E-state index is 0.195. The number of halogens is 1. The Morgan fingerprint density at radius 1 is 1.06 bits per heavy atom. The van der Waals surface area contributed by atoms with Crippen LogP contribution in [0.25, 0.3) is 0 Å². The molecular formula is C28H32ClN5O. The lowest BCUT2D eigenvalue weighted by Crippen LogP contribution is -2.47. The fourth-order valence-electron chi connectivity index (χ4n) is 5.09. The van der Waals surface area contributed by atoms with Crippen molar-refractivity contribution in [2.45, 2.75) is 52.1 Å². The second kappa shape index (κ2) is 10.2. The van der Waals surface area contributed by atoms with Gasteiger partial charge in [-0.15, -0.1) is 0 Å². The SMILES string of the molecule is Cc1ccc(CNc2nc(N3CCCC4(CCC4)C3)ncc2C(=O)NCc2ccccc2)cc1Cl. The van der Waals surface area contributed by atoms with Crippen LogP contribution in [-0.4, -0.2) is 29.0 Å². The quantitative estimate of drug-likeness (QED) is 0.442. The van der Waals surface area contributed by atoms with Crippen LogP contribution in [0.2, 0.25) is 5.02 Å². The number of benzene rings is 2. The van der Waals surface area contributed by atoms with Crippen LogP contribution in [0.4, 0.5) is 11.8 Å². The van der Waals surface area contributed by atoms with E-state index in [9.17, 15) is 4.79 Å². The second-order valence-electron chi connectivity index (χ2n) is 9.92. The van der Waals surface area contributed by atoms with Crippen LogP contribution in [0.3, 0.4) is 0 Å². The van der Waals surface area contributed by atoms with E-state index in [4.69, 9.17) is 16.6 Å². The smallest absolute Gasteiger partial charge is 0.256 e. The summed E-state index contributed by atoms with van der Waals surface area (Å²) in [6.45, 7) is 4.90. The van der Waals surface area contributed by atoms with E-state index in [0.29, 0.717) is 35.8 Å². The van der Waals surface area contributed by atoms with Gasteiger partial charge in [-0.25, -0.2) is 4.98 Å². The Kier molecular flexibility index (Phi) is 6.91. The highest BCUT2D eigenvalue weighted by molar-refractivity contribution is 6.31. The number of carbonyl (C=O) groups excluding carboxylic acids is 1. The highest BCUT2D eigenvalue weighted by atomic mass is 35.5. The van der Waals surface area contributed by atoms with Gasteiger partial charge in [-0.3, -0.25) is 4.79 Å². The van der Waals surface area contributed by atoms with Crippen molar-refractivity contribution in [3.05, 3.63) is 82.0 Å². The Balaban J connectivity index is 1.37. The van der Waals surface area contributed by atoms with E-state index < -0.39 is 0 Å². The van der Waals surface area contributed by atoms with Crippen LogP contribution in [0.15, 0.2) is 54.7 Å². The predicted octanol–water partition coefficient (Wildman–Crippen LogP) is 5.75. The Hall–Kier alpha value is -3.12. The van der Waals surface area contributed by atoms with Crippen LogP contribution in [0.5, 0.6) is 0 Å². The van der Waals surface area contributed by atoms with Gasteiger partial charge in [-0.05, 0) is 60.8 Å². The van der Waals surface area contributed by atoms with Crippen LogP contribution in [-0.2, 0) is 13.1 Å². The first-order chi connectivity index (χ1) is 17.0. The molecule has 1 saturated carbocycles. The minimum atomic E-state index is -0.195. The van der Waals surface area contributed by atoms with E-state index in [1.54, 1.807) is 6.20 Å². The molecule has 0 atom stereocenters. The summed E-state index contributed by atoms with van der Waals surface area (Å²) in [6.07, 6.45) is 8.03. The average Bonchev–Trinajstić information content (AvgIpc) is 2.87. The van der Waals surface area contributed by atoms with Gasteiger partial charge in [0, 0.05) is 37.4 Å². The van der Waals surface area contributed by atoms with E-state index in [-0.39, 0.29) is 5.91 Å². The number of aryl methyl sites for hydroxylation is 1. The van der Waals surface area contributed by atoms with Gasteiger partial charge in [-0.2, -0.15) is 4.98 Å². The number of piperidine rings is 1. The molecule has 0 radical (unpaired) electrons. The molecule has 3 aromatic rings. The zero-order valence-electron chi connectivity index (χ0n) is 20.2. The summed E-state index contributed by atoms with van der Waals surface area (Å²) in [5.74, 6) is 1.05. The Labute approximate surface area is 212 Å². The molecule has 2 aliphatic rings. The summed E-state index contributed by atoms with van der Waals surface area (Å²) in [4.78, 5) is 24.9. The van der Waals surface area contributed by atoms with Gasteiger partial charge in [0.2, 0.25) is 5.95 Å². The molecule has 1 amide bonds. The molecule has 1 spiro atoms. The van der Waals surface area contributed by atoms with Crippen molar-refractivity contribution in [1.29, 1.82) is 0 Å². The van der Waals surface area contributed by atoms with Gasteiger partial charge >= 0.3 is 0 Å². The van der Waals surface area contributed by atoms with Crippen molar-refractivity contribution in [2.75, 3.05) is 23.3 Å². The van der Waals surface area contributed by atoms with E-state index >= 15 is 0 Å². The first-order valence-corrected chi connectivity index (χ1v) is 12.8. The van der Waals surface area contributed by atoms with Crippen LogP contribution in [0, 0.1) is 12.3 Å². The molecule has 1 aromatic heterocycles. The van der Waals surface area contributed by atoms with Crippen molar-refractivity contribution >= 4 is 29.3 Å². The molecule has 182 valence electrons. The van der Waals surface area contributed by atoms with Gasteiger partial charge in [0.1, 0.15) is 11.4 Å². The fraction of sp³-hybridized carbons (Fsp3) is 0.393. The molecule has 35 heavy (non-hydrogen) atoms. The van der Waals surface area contributed by atoms with Gasteiger partial charge in [0.05, 0.1) is 0 Å². The molecule has 5 rings (SSSR count). The predicted molar refractivity (Wildman–Crippen MR) is 141 cm³/mol. The lowest BCUT2D eigenvalue weighted by atomic mass is 9.64. The molecule has 7 heteroatoms. The number of hydrogen-bond donors (Lipinski definition) is 2. The van der Waals surface area contributed by atoms with Gasteiger partial charge in [0.25, 0.3) is 5.91 Å². The van der Waals surface area contributed by atoms with Gasteiger partial charge in [-0.1, -0.05) is 60.5 Å². The van der Waals surface area contributed by atoms with Crippen molar-refractivity contribution in [3.8, 4) is 0 Å². The normalized spacial score (nSPS) is 16.6. The van der Waals surface area contributed by atoms with Crippen LogP contribution >= 0.6 is 11.6 Å². The Bertz CT molecular complexity index is 1200. The Morgan fingerprint density at radius 3 is 2.60 bits per heavy atom. The zero-order valence-corrected chi connectivity index (χ0v) is 20.9. The first kappa shape index (κ1) is 23.6. The van der Waals surface area contributed by atoms with Crippen molar-refractivity contribution in [3.63, 3.8) is 0 Å². The van der Waals surface area contributed by atoms with Crippen molar-refractivity contribution in [2.24, 2.45) is 5.41 Å². The van der Waals surface area contributed by atoms with Crippen molar-refractivity contribution < 1.29 is 4.79 Å². The molecule has 6 nitrogen and oxygen atoms in total. The van der Waals surface area contributed by atoms with E-state index in [0.717, 1.165) is 41.2 Å². The summed E-state index contributed by atoms with van der Waals surface area (Å²) in [7, 11) is 0. The molecule has 0 unspecified atom stereocenters. The Morgan fingerprint density at radius 2 is 1.86 bits per heavy atom. The minimum Gasteiger partial charge on any atom is -0.365 e. The van der Waals surface area contributed by atoms with Crippen molar-refractivity contribution in [1.82, 2.24) is 15.3 Å². The lowest BCUT2D eigenvalue weighted by molar-refractivity contribution is 0.0950. The number of amides is 1. The summed E-state index contributed by atoms with van der Waals surface area (Å²) in [5, 5.41) is 7.12. The number of hydrogen-bond acceptors (Lipinski definition) is 5. The molecule has 1 saturated heterocycles. The third-order valence-electron chi connectivity index (χ3n) is 7.37. The highest BCUT2D eigenvalue weighted by Gasteiger charge is 2.41. The zero-order chi connectivity index (χ0) is 24.3. The average molecular weight is 490 g/mol. The van der Waals surface area contributed by atoms with Gasteiger partial charge < -0.3 is 15.5 Å². The third kappa shape index (κ3) is 5.43. The maximum Gasteiger partial charge on any atom is 0.256 e. The number of nitrogens with one attached hydrogen (secondary N) is 2. The fourth-order valence-corrected chi connectivity index (χ4v) is 5.30. The number of rotatable bonds is 7. The summed E-state index contributed by atoms with van der Waals surface area (Å²) < 4.78 is 0. The highest BCUT2D eigenvalue weighted by Crippen LogP contribution is 2.47. The number of aromatic nitrogens is 2. The molecule has 0 bridgehead atoms. The summed E-state index contributed by atoms with van der Waals surface area (Å²) >= 11 is 6.33.